The lowest BCUT2D eigenvalue weighted by Crippen LogP contribution is -2.12. The minimum atomic E-state index is -0.219. The van der Waals surface area contributed by atoms with E-state index in [0.29, 0.717) is 16.8 Å². The maximum Gasteiger partial charge on any atom is 0.255 e. The number of aromatic amines is 1. The Kier molecular flexibility index (Phi) is 2.90. The first kappa shape index (κ1) is 11.9. The lowest BCUT2D eigenvalue weighted by Gasteiger charge is -2.06. The van der Waals surface area contributed by atoms with Crippen LogP contribution < -0.4 is 5.32 Å². The molecule has 0 atom stereocenters. The Hall–Kier alpha value is -3.13. The predicted molar refractivity (Wildman–Crippen MR) is 75.2 cm³/mol. The van der Waals surface area contributed by atoms with E-state index in [4.69, 9.17) is 5.26 Å². The van der Waals surface area contributed by atoms with Crippen molar-refractivity contribution in [2.75, 3.05) is 5.32 Å². The summed E-state index contributed by atoms with van der Waals surface area (Å²) in [6, 6.07) is 12.1. The van der Waals surface area contributed by atoms with Crippen LogP contribution in [-0.4, -0.2) is 15.9 Å². The minimum Gasteiger partial charge on any atom is -0.346 e. The number of nitrogens with one attached hydrogen (secondary N) is 2. The van der Waals surface area contributed by atoms with Crippen molar-refractivity contribution in [2.24, 2.45) is 0 Å². The first-order chi connectivity index (χ1) is 9.78. The van der Waals surface area contributed by atoms with Crippen LogP contribution in [0.1, 0.15) is 15.9 Å². The fraction of sp³-hybridized carbons (Fsp3) is 0. The average molecular weight is 262 g/mol. The summed E-state index contributed by atoms with van der Waals surface area (Å²) in [6.07, 6.45) is 3.41. The molecule has 0 unspecified atom stereocenters. The van der Waals surface area contributed by atoms with Gasteiger partial charge in [0.15, 0.2) is 0 Å². The van der Waals surface area contributed by atoms with Gasteiger partial charge in [0.2, 0.25) is 0 Å². The van der Waals surface area contributed by atoms with E-state index in [-0.39, 0.29) is 5.91 Å². The molecule has 0 saturated carbocycles. The van der Waals surface area contributed by atoms with Gasteiger partial charge in [0, 0.05) is 23.3 Å². The fourth-order valence-corrected chi connectivity index (χ4v) is 1.96. The summed E-state index contributed by atoms with van der Waals surface area (Å²) in [5, 5.41) is 12.4. The monoisotopic (exact) mass is 262 g/mol. The van der Waals surface area contributed by atoms with E-state index in [2.05, 4.69) is 15.3 Å². The molecule has 2 N–H and O–H groups in total. The Balaban J connectivity index is 1.88. The van der Waals surface area contributed by atoms with Gasteiger partial charge in [-0.1, -0.05) is 0 Å². The summed E-state index contributed by atoms with van der Waals surface area (Å²) in [6.45, 7) is 0. The third kappa shape index (κ3) is 2.10. The van der Waals surface area contributed by atoms with E-state index in [1.54, 1.807) is 42.7 Å². The van der Waals surface area contributed by atoms with E-state index in [9.17, 15) is 4.79 Å². The van der Waals surface area contributed by atoms with Gasteiger partial charge in [0.05, 0.1) is 17.3 Å². The Labute approximate surface area is 114 Å². The molecular weight excluding hydrogens is 252 g/mol. The molecule has 1 aromatic carbocycles. The Morgan fingerprint density at radius 3 is 2.75 bits per heavy atom. The molecule has 0 aliphatic rings. The number of anilines is 1. The van der Waals surface area contributed by atoms with Gasteiger partial charge in [-0.15, -0.1) is 0 Å². The normalized spacial score (nSPS) is 10.2. The molecule has 0 spiro atoms. The molecule has 5 nitrogen and oxygen atoms in total. The number of nitriles is 1. The van der Waals surface area contributed by atoms with Gasteiger partial charge in [-0.2, -0.15) is 5.26 Å². The molecular formula is C15H10N4O. The number of amides is 1. The van der Waals surface area contributed by atoms with Crippen LogP contribution >= 0.6 is 0 Å². The molecule has 0 aliphatic carbocycles. The zero-order valence-corrected chi connectivity index (χ0v) is 10.4. The van der Waals surface area contributed by atoms with Crippen LogP contribution in [0.4, 0.5) is 5.69 Å². The number of carbonyl (C=O) groups is 1. The van der Waals surface area contributed by atoms with Crippen LogP contribution in [0.25, 0.3) is 11.0 Å². The van der Waals surface area contributed by atoms with Crippen LogP contribution in [0.3, 0.4) is 0 Å². The average Bonchev–Trinajstić information content (AvgIpc) is 2.97. The number of benzene rings is 1. The van der Waals surface area contributed by atoms with Gasteiger partial charge < -0.3 is 10.3 Å². The second-order valence-corrected chi connectivity index (χ2v) is 4.24. The van der Waals surface area contributed by atoms with E-state index in [1.807, 2.05) is 12.1 Å². The summed E-state index contributed by atoms with van der Waals surface area (Å²) < 4.78 is 0. The van der Waals surface area contributed by atoms with Crippen LogP contribution in [0, 0.1) is 11.3 Å². The molecule has 3 rings (SSSR count). The van der Waals surface area contributed by atoms with Crippen molar-refractivity contribution in [3.8, 4) is 6.07 Å². The number of rotatable bonds is 2. The second kappa shape index (κ2) is 4.86. The maximum absolute atomic E-state index is 12.2. The standard InChI is InChI=1S/C15H10N4O/c16-9-10-1-3-11(4-2-10)15(20)19-13-6-8-18-14-12(13)5-7-17-14/h1-8H,(H2,17,18,19,20). The largest absolute Gasteiger partial charge is 0.346 e. The maximum atomic E-state index is 12.2. The molecule has 0 radical (unpaired) electrons. The molecule has 96 valence electrons. The van der Waals surface area contributed by atoms with Gasteiger partial charge >= 0.3 is 0 Å². The van der Waals surface area contributed by atoms with E-state index >= 15 is 0 Å². The van der Waals surface area contributed by atoms with Crippen molar-refractivity contribution >= 4 is 22.6 Å². The van der Waals surface area contributed by atoms with Crippen molar-refractivity contribution in [2.45, 2.75) is 0 Å². The zero-order valence-electron chi connectivity index (χ0n) is 10.4. The molecule has 0 aliphatic heterocycles. The first-order valence-electron chi connectivity index (χ1n) is 6.01. The number of hydrogen-bond donors (Lipinski definition) is 2. The summed E-state index contributed by atoms with van der Waals surface area (Å²) in [7, 11) is 0. The third-order valence-electron chi connectivity index (χ3n) is 2.98. The summed E-state index contributed by atoms with van der Waals surface area (Å²) in [5.41, 5.74) is 2.45. The van der Waals surface area contributed by atoms with Gasteiger partial charge in [-0.05, 0) is 36.4 Å². The van der Waals surface area contributed by atoms with E-state index < -0.39 is 0 Å². The summed E-state index contributed by atoms with van der Waals surface area (Å²) in [4.78, 5) is 19.3. The fourth-order valence-electron chi connectivity index (χ4n) is 1.96. The van der Waals surface area contributed by atoms with Crippen LogP contribution in [0.5, 0.6) is 0 Å². The predicted octanol–water partition coefficient (Wildman–Crippen LogP) is 2.69. The molecule has 2 heterocycles. The van der Waals surface area contributed by atoms with Crippen LogP contribution in [0.15, 0.2) is 48.8 Å². The Bertz CT molecular complexity index is 812. The van der Waals surface area contributed by atoms with E-state index in [0.717, 1.165) is 11.0 Å². The summed E-state index contributed by atoms with van der Waals surface area (Å²) in [5.74, 6) is -0.219. The SMILES string of the molecule is N#Cc1ccc(C(=O)Nc2ccnc3[nH]ccc23)cc1. The van der Waals surface area contributed by atoms with Gasteiger partial charge in [0.1, 0.15) is 5.65 Å². The number of H-pyrrole nitrogens is 1. The number of pyridine rings is 1. The van der Waals surface area contributed by atoms with Crippen molar-refractivity contribution in [1.82, 2.24) is 9.97 Å². The number of aromatic nitrogens is 2. The lowest BCUT2D eigenvalue weighted by atomic mass is 10.1. The number of nitrogens with zero attached hydrogens (tertiary/aromatic N) is 2. The highest BCUT2D eigenvalue weighted by molar-refractivity contribution is 6.08. The Morgan fingerprint density at radius 1 is 1.20 bits per heavy atom. The molecule has 2 aromatic heterocycles. The topological polar surface area (TPSA) is 81.6 Å². The van der Waals surface area contributed by atoms with Gasteiger partial charge in [-0.25, -0.2) is 4.98 Å². The van der Waals surface area contributed by atoms with Gasteiger partial charge in [0.25, 0.3) is 5.91 Å². The van der Waals surface area contributed by atoms with Crippen LogP contribution in [-0.2, 0) is 0 Å². The highest BCUT2D eigenvalue weighted by Crippen LogP contribution is 2.20. The van der Waals surface area contributed by atoms with Gasteiger partial charge in [-0.3, -0.25) is 4.79 Å². The second-order valence-electron chi connectivity index (χ2n) is 4.24. The highest BCUT2D eigenvalue weighted by atomic mass is 16.1. The van der Waals surface area contributed by atoms with Crippen molar-refractivity contribution in [3.63, 3.8) is 0 Å². The molecule has 0 fully saturated rings. The number of carbonyl (C=O) groups excluding carboxylic acids is 1. The highest BCUT2D eigenvalue weighted by Gasteiger charge is 2.09. The van der Waals surface area contributed by atoms with Crippen LogP contribution in [0.2, 0.25) is 0 Å². The number of fused-ring (bicyclic) bond motifs is 1. The minimum absolute atomic E-state index is 0.219. The Morgan fingerprint density at radius 2 is 2.00 bits per heavy atom. The molecule has 1 amide bonds. The van der Waals surface area contributed by atoms with E-state index in [1.165, 1.54) is 0 Å². The number of hydrogen-bond acceptors (Lipinski definition) is 3. The summed E-state index contributed by atoms with van der Waals surface area (Å²) >= 11 is 0. The molecule has 3 aromatic rings. The zero-order chi connectivity index (χ0) is 13.9. The quantitative estimate of drug-likeness (QED) is 0.745. The lowest BCUT2D eigenvalue weighted by molar-refractivity contribution is 0.102. The molecule has 0 saturated heterocycles. The first-order valence-corrected chi connectivity index (χ1v) is 6.01. The molecule has 20 heavy (non-hydrogen) atoms. The smallest absolute Gasteiger partial charge is 0.255 e. The third-order valence-corrected chi connectivity index (χ3v) is 2.98. The molecule has 0 bridgehead atoms. The van der Waals surface area contributed by atoms with Crippen molar-refractivity contribution in [1.29, 1.82) is 5.26 Å². The molecule has 5 heteroatoms. The van der Waals surface area contributed by atoms with Crippen molar-refractivity contribution in [3.05, 3.63) is 59.9 Å². The van der Waals surface area contributed by atoms with Crippen molar-refractivity contribution < 1.29 is 4.79 Å².